The molecule has 2 amide bonds. The molecule has 7 unspecified atom stereocenters. The van der Waals surface area contributed by atoms with Gasteiger partial charge in [-0.25, -0.2) is 0 Å². The molecule has 3 heterocycles. The first-order valence-corrected chi connectivity index (χ1v) is 13.8. The lowest BCUT2D eigenvalue weighted by Crippen LogP contribution is -2.42. The number of nitrogens with zero attached hydrogens (tertiary/aromatic N) is 1. The number of aromatic hydroxyl groups is 1. The van der Waals surface area contributed by atoms with Crippen LogP contribution in [0, 0.1) is 29.6 Å². The Morgan fingerprint density at radius 3 is 2.46 bits per heavy atom. The molecule has 2 saturated carbocycles. The highest BCUT2D eigenvalue weighted by molar-refractivity contribution is 8.00. The molecule has 8 nitrogen and oxygen atoms in total. The second-order valence-electron chi connectivity index (χ2n) is 10.1. The standard InChI is InChI=1S/C25H26N2O6S2/c28-12-7-5-11(6-8-12)16-17-13-10-14(20(17)34-22-21(16)35-25(33)26-22)19-18(13)23(31)27(24(19)32)9-3-1-2-4-15(29)30/h5-8,13-14,16-20,28H,1-4,9-10H2,(H,26,33)(H,29,30). The van der Waals surface area contributed by atoms with Gasteiger partial charge in [-0.2, -0.15) is 0 Å². The number of amides is 2. The van der Waals surface area contributed by atoms with Crippen LogP contribution in [-0.2, 0) is 14.4 Å². The number of aromatic amines is 1. The van der Waals surface area contributed by atoms with Crippen molar-refractivity contribution in [1.82, 2.24) is 9.88 Å². The maximum absolute atomic E-state index is 13.5. The third-order valence-corrected chi connectivity index (χ3v) is 10.9. The Bertz CT molecular complexity index is 1250. The number of hydrogen-bond donors (Lipinski definition) is 3. The van der Waals surface area contributed by atoms with Crippen molar-refractivity contribution in [3.8, 4) is 5.75 Å². The van der Waals surface area contributed by atoms with E-state index in [9.17, 15) is 24.3 Å². The number of imide groups is 1. The van der Waals surface area contributed by atoms with Crippen molar-refractivity contribution in [3.05, 3.63) is 44.4 Å². The summed E-state index contributed by atoms with van der Waals surface area (Å²) in [5, 5.41) is 19.6. The summed E-state index contributed by atoms with van der Waals surface area (Å²) < 4.78 is 0. The van der Waals surface area contributed by atoms with Crippen molar-refractivity contribution in [3.63, 3.8) is 0 Å². The predicted molar refractivity (Wildman–Crippen MR) is 129 cm³/mol. The highest BCUT2D eigenvalue weighted by Gasteiger charge is 2.69. The number of likely N-dealkylation sites (tertiary alicyclic amines) is 1. The Hall–Kier alpha value is -2.59. The van der Waals surface area contributed by atoms with Crippen LogP contribution in [-0.4, -0.2) is 49.7 Å². The highest BCUT2D eigenvalue weighted by Crippen LogP contribution is 2.68. The van der Waals surface area contributed by atoms with E-state index in [1.165, 1.54) is 16.2 Å². The van der Waals surface area contributed by atoms with Crippen LogP contribution < -0.4 is 4.87 Å². The number of H-pyrrole nitrogens is 1. The lowest BCUT2D eigenvalue weighted by molar-refractivity contribution is -0.141. The van der Waals surface area contributed by atoms with Crippen LogP contribution in [0.1, 0.15) is 48.5 Å². The number of carbonyl (C=O) groups is 3. The van der Waals surface area contributed by atoms with Gasteiger partial charge < -0.3 is 15.2 Å². The maximum atomic E-state index is 13.5. The van der Waals surface area contributed by atoms with Crippen molar-refractivity contribution < 1.29 is 24.6 Å². The first-order chi connectivity index (χ1) is 16.8. The van der Waals surface area contributed by atoms with Crippen molar-refractivity contribution >= 4 is 40.9 Å². The fourth-order valence-corrected chi connectivity index (χ4v) is 9.97. The van der Waals surface area contributed by atoms with Crippen molar-refractivity contribution in [2.45, 2.75) is 48.3 Å². The summed E-state index contributed by atoms with van der Waals surface area (Å²) in [6, 6.07) is 7.12. The van der Waals surface area contributed by atoms with Gasteiger partial charge in [-0.3, -0.25) is 24.1 Å². The number of aliphatic carboxylic acids is 1. The average Bonchev–Trinajstić information content (AvgIpc) is 3.54. The van der Waals surface area contributed by atoms with Crippen LogP contribution in [0.25, 0.3) is 0 Å². The normalized spacial score (nSPS) is 32.6. The molecule has 0 radical (unpaired) electrons. The molecule has 2 aliphatic carbocycles. The van der Waals surface area contributed by atoms with E-state index < -0.39 is 5.97 Å². The number of carbonyl (C=O) groups excluding carboxylic acids is 2. The van der Waals surface area contributed by atoms with Crippen LogP contribution in [0.4, 0.5) is 0 Å². The first-order valence-electron chi connectivity index (χ1n) is 12.1. The van der Waals surface area contributed by atoms with Crippen LogP contribution in [0.5, 0.6) is 5.75 Å². The van der Waals surface area contributed by atoms with Gasteiger partial charge in [0.1, 0.15) is 5.75 Å². The van der Waals surface area contributed by atoms with E-state index in [2.05, 4.69) is 4.98 Å². The van der Waals surface area contributed by atoms with E-state index in [1.807, 2.05) is 12.1 Å². The molecule has 3 fully saturated rings. The molecular weight excluding hydrogens is 488 g/mol. The number of phenolic OH excluding ortho intramolecular Hbond substituents is 1. The summed E-state index contributed by atoms with van der Waals surface area (Å²) in [6.45, 7) is 0.355. The number of fused-ring (bicyclic) bond motifs is 9. The number of carboxylic acid groups (broad SMARTS) is 1. The summed E-state index contributed by atoms with van der Waals surface area (Å²) in [6.07, 6.45) is 2.77. The molecule has 4 aliphatic rings. The molecule has 2 aliphatic heterocycles. The molecule has 35 heavy (non-hydrogen) atoms. The van der Waals surface area contributed by atoms with Gasteiger partial charge in [-0.05, 0) is 54.7 Å². The lowest BCUT2D eigenvalue weighted by atomic mass is 9.68. The number of aromatic nitrogens is 1. The Morgan fingerprint density at radius 2 is 1.74 bits per heavy atom. The molecule has 10 heteroatoms. The van der Waals surface area contributed by atoms with Gasteiger partial charge in [-0.1, -0.05) is 29.9 Å². The number of carboxylic acids is 1. The number of nitrogens with one attached hydrogen (secondary N) is 1. The molecule has 7 atom stereocenters. The van der Waals surface area contributed by atoms with E-state index in [-0.39, 0.29) is 69.6 Å². The third kappa shape index (κ3) is 3.56. The summed E-state index contributed by atoms with van der Waals surface area (Å²) in [7, 11) is 0. The fourth-order valence-electron chi connectivity index (χ4n) is 7.08. The zero-order chi connectivity index (χ0) is 24.4. The van der Waals surface area contributed by atoms with E-state index >= 15 is 0 Å². The quantitative estimate of drug-likeness (QED) is 0.382. The summed E-state index contributed by atoms with van der Waals surface area (Å²) in [5.41, 5.74) is 1.02. The van der Waals surface area contributed by atoms with E-state index in [0.717, 1.165) is 21.9 Å². The molecule has 2 aromatic rings. The number of hydrogen-bond acceptors (Lipinski definition) is 7. The van der Waals surface area contributed by atoms with Crippen LogP contribution in [0.3, 0.4) is 0 Å². The Kier molecular flexibility index (Phi) is 5.56. The fraction of sp³-hybridized carbons (Fsp3) is 0.520. The number of rotatable bonds is 7. The topological polar surface area (TPSA) is 128 Å². The van der Waals surface area contributed by atoms with Gasteiger partial charge in [-0.15, -0.1) is 11.8 Å². The number of unbranched alkanes of at least 4 members (excludes halogenated alkanes) is 2. The largest absolute Gasteiger partial charge is 0.508 e. The minimum Gasteiger partial charge on any atom is -0.508 e. The zero-order valence-corrected chi connectivity index (χ0v) is 20.5. The van der Waals surface area contributed by atoms with E-state index in [1.54, 1.807) is 23.9 Å². The van der Waals surface area contributed by atoms with Gasteiger partial charge in [0.15, 0.2) is 0 Å². The zero-order valence-electron chi connectivity index (χ0n) is 18.9. The number of benzene rings is 1. The van der Waals surface area contributed by atoms with Gasteiger partial charge in [0.05, 0.1) is 16.9 Å². The summed E-state index contributed by atoms with van der Waals surface area (Å²) in [5.74, 6) is -1.17. The maximum Gasteiger partial charge on any atom is 0.305 e. The smallest absolute Gasteiger partial charge is 0.305 e. The molecule has 2 bridgehead atoms. The molecule has 1 saturated heterocycles. The Balaban J connectivity index is 1.28. The summed E-state index contributed by atoms with van der Waals surface area (Å²) in [4.78, 5) is 55.2. The SMILES string of the molecule is O=C(O)CCCCCN1C(=O)C2C3CC(C2C1=O)C1C(c2ccc(O)cc2)c2sc(=O)[nH]c2SC31. The van der Waals surface area contributed by atoms with Gasteiger partial charge in [0.25, 0.3) is 0 Å². The van der Waals surface area contributed by atoms with Crippen molar-refractivity contribution in [2.24, 2.45) is 29.6 Å². The third-order valence-electron chi connectivity index (χ3n) is 8.34. The van der Waals surface area contributed by atoms with E-state index in [4.69, 9.17) is 5.11 Å². The first kappa shape index (κ1) is 22.8. The van der Waals surface area contributed by atoms with Gasteiger partial charge in [0.2, 0.25) is 11.8 Å². The second kappa shape index (κ2) is 8.51. The van der Waals surface area contributed by atoms with Crippen LogP contribution in [0.15, 0.2) is 34.1 Å². The molecule has 184 valence electrons. The highest BCUT2D eigenvalue weighted by atomic mass is 32.2. The number of thiazole rings is 1. The lowest BCUT2D eigenvalue weighted by Gasteiger charge is -2.43. The Morgan fingerprint density at radius 1 is 1.03 bits per heavy atom. The monoisotopic (exact) mass is 514 g/mol. The molecule has 0 spiro atoms. The molecule has 1 aromatic heterocycles. The number of thioether (sulfide) groups is 1. The minimum absolute atomic E-state index is 0.0512. The van der Waals surface area contributed by atoms with Crippen molar-refractivity contribution in [2.75, 3.05) is 6.54 Å². The van der Waals surface area contributed by atoms with E-state index in [0.29, 0.717) is 25.8 Å². The summed E-state index contributed by atoms with van der Waals surface area (Å²) >= 11 is 2.88. The Labute approximate surface area is 209 Å². The van der Waals surface area contributed by atoms with Gasteiger partial charge in [0, 0.05) is 29.0 Å². The van der Waals surface area contributed by atoms with Crippen LogP contribution >= 0.6 is 23.1 Å². The molecular formula is C25H26N2O6S2. The predicted octanol–water partition coefficient (Wildman–Crippen LogP) is 3.26. The molecule has 1 aromatic carbocycles. The van der Waals surface area contributed by atoms with Crippen molar-refractivity contribution in [1.29, 1.82) is 0 Å². The molecule has 3 N–H and O–H groups in total. The van der Waals surface area contributed by atoms with Gasteiger partial charge >= 0.3 is 10.8 Å². The minimum atomic E-state index is -0.831. The second-order valence-corrected chi connectivity index (χ2v) is 12.3. The van der Waals surface area contributed by atoms with Crippen LogP contribution in [0.2, 0.25) is 0 Å². The average molecular weight is 515 g/mol. The number of phenols is 1. The molecule has 6 rings (SSSR count).